The van der Waals surface area contributed by atoms with E-state index in [0.717, 1.165) is 44.7 Å². The molecule has 0 unspecified atom stereocenters. The maximum absolute atomic E-state index is 5.02. The molecule has 19 heavy (non-hydrogen) atoms. The van der Waals surface area contributed by atoms with Gasteiger partial charge < -0.3 is 15.4 Å². The lowest BCUT2D eigenvalue weighted by atomic mass is 10.4. The molecule has 0 amide bonds. The van der Waals surface area contributed by atoms with Gasteiger partial charge in [0.2, 0.25) is 0 Å². The van der Waals surface area contributed by atoms with Crippen LogP contribution in [0.1, 0.15) is 26.7 Å². The van der Waals surface area contributed by atoms with Gasteiger partial charge in [0.25, 0.3) is 0 Å². The van der Waals surface area contributed by atoms with E-state index in [2.05, 4.69) is 34.4 Å². The first-order valence-corrected chi connectivity index (χ1v) is 7.07. The first kappa shape index (κ1) is 18.9. The topological polar surface area (TPSA) is 48.9 Å². The number of guanidine groups is 1. The van der Waals surface area contributed by atoms with Crippen molar-refractivity contribution in [1.29, 1.82) is 0 Å². The molecule has 0 bridgehead atoms. The molecule has 1 aliphatic rings. The lowest BCUT2D eigenvalue weighted by molar-refractivity contribution is 0.203. The van der Waals surface area contributed by atoms with Crippen molar-refractivity contribution in [2.45, 2.75) is 32.7 Å². The van der Waals surface area contributed by atoms with Crippen LogP contribution in [0.3, 0.4) is 0 Å². The van der Waals surface area contributed by atoms with Crippen LogP contribution in [-0.2, 0) is 4.74 Å². The molecule has 2 N–H and O–H groups in total. The fraction of sp³-hybridized carbons (Fsp3) is 0.923. The third-order valence-corrected chi connectivity index (χ3v) is 3.07. The van der Waals surface area contributed by atoms with Gasteiger partial charge in [-0.3, -0.25) is 9.89 Å². The van der Waals surface area contributed by atoms with Gasteiger partial charge in [-0.05, 0) is 26.3 Å². The summed E-state index contributed by atoms with van der Waals surface area (Å²) in [5.74, 6) is 0.890. The van der Waals surface area contributed by atoms with Crippen molar-refractivity contribution in [3.8, 4) is 0 Å². The maximum atomic E-state index is 5.02. The molecule has 0 aliphatic heterocycles. The van der Waals surface area contributed by atoms with Crippen LogP contribution in [0.4, 0.5) is 0 Å². The standard InChI is InChI=1S/C13H28N4O.HI/c1-4-14-13(16-9-11-18-3)15-8-10-17(5-2)12-6-7-12;/h12H,4-11H2,1-3H3,(H2,14,15,16);1H. The molecular formula is C13H29IN4O. The minimum Gasteiger partial charge on any atom is -0.383 e. The van der Waals surface area contributed by atoms with Crippen molar-refractivity contribution in [1.82, 2.24) is 15.5 Å². The Bertz CT molecular complexity index is 247. The van der Waals surface area contributed by atoms with Gasteiger partial charge in [-0.2, -0.15) is 0 Å². The molecule has 1 saturated carbocycles. The molecule has 0 aromatic heterocycles. The summed E-state index contributed by atoms with van der Waals surface area (Å²) in [5.41, 5.74) is 0. The quantitative estimate of drug-likeness (QED) is 0.272. The van der Waals surface area contributed by atoms with E-state index < -0.39 is 0 Å². The molecule has 6 heteroatoms. The van der Waals surface area contributed by atoms with Gasteiger partial charge in [-0.15, -0.1) is 24.0 Å². The summed E-state index contributed by atoms with van der Waals surface area (Å²) in [6.07, 6.45) is 2.73. The number of halogens is 1. The van der Waals surface area contributed by atoms with Gasteiger partial charge >= 0.3 is 0 Å². The zero-order valence-corrected chi connectivity index (χ0v) is 14.8. The Hall–Kier alpha value is -0.0800. The van der Waals surface area contributed by atoms with E-state index in [0.29, 0.717) is 6.61 Å². The third kappa shape index (κ3) is 8.65. The summed E-state index contributed by atoms with van der Waals surface area (Å²) in [5, 5.41) is 6.50. The van der Waals surface area contributed by atoms with Crippen molar-refractivity contribution in [3.63, 3.8) is 0 Å². The summed E-state index contributed by atoms with van der Waals surface area (Å²) in [4.78, 5) is 7.10. The molecule has 0 atom stereocenters. The summed E-state index contributed by atoms with van der Waals surface area (Å²) >= 11 is 0. The lowest BCUT2D eigenvalue weighted by Crippen LogP contribution is -2.39. The van der Waals surface area contributed by atoms with Gasteiger partial charge in [0.05, 0.1) is 13.2 Å². The Kier molecular flexibility index (Phi) is 11.7. The highest BCUT2D eigenvalue weighted by atomic mass is 127. The Balaban J connectivity index is 0.00000324. The van der Waals surface area contributed by atoms with Crippen molar-refractivity contribution in [2.75, 3.05) is 46.4 Å². The van der Waals surface area contributed by atoms with Crippen LogP contribution in [0, 0.1) is 0 Å². The first-order chi connectivity index (χ1) is 8.81. The fourth-order valence-corrected chi connectivity index (χ4v) is 1.94. The molecule has 0 aromatic rings. The molecule has 1 aliphatic carbocycles. The van der Waals surface area contributed by atoms with Crippen molar-refractivity contribution < 1.29 is 4.74 Å². The predicted molar refractivity (Wildman–Crippen MR) is 91.5 cm³/mol. The second-order valence-corrected chi connectivity index (χ2v) is 4.54. The fourth-order valence-electron chi connectivity index (χ4n) is 1.94. The van der Waals surface area contributed by atoms with Crippen LogP contribution >= 0.6 is 24.0 Å². The van der Waals surface area contributed by atoms with Crippen LogP contribution < -0.4 is 10.6 Å². The Morgan fingerprint density at radius 1 is 1.32 bits per heavy atom. The number of rotatable bonds is 9. The first-order valence-electron chi connectivity index (χ1n) is 7.07. The second kappa shape index (κ2) is 11.7. The number of nitrogens with zero attached hydrogens (tertiary/aromatic N) is 2. The van der Waals surface area contributed by atoms with E-state index in [9.17, 15) is 0 Å². The van der Waals surface area contributed by atoms with Gasteiger partial charge in [0, 0.05) is 32.8 Å². The molecule has 114 valence electrons. The highest BCUT2D eigenvalue weighted by Crippen LogP contribution is 2.25. The van der Waals surface area contributed by atoms with Crippen LogP contribution in [0.5, 0.6) is 0 Å². The smallest absolute Gasteiger partial charge is 0.191 e. The summed E-state index contributed by atoms with van der Waals surface area (Å²) < 4.78 is 5.02. The Morgan fingerprint density at radius 2 is 2.05 bits per heavy atom. The highest BCUT2D eigenvalue weighted by Gasteiger charge is 2.26. The normalized spacial score (nSPS) is 15.3. The molecule has 5 nitrogen and oxygen atoms in total. The van der Waals surface area contributed by atoms with Crippen LogP contribution in [0.15, 0.2) is 4.99 Å². The number of likely N-dealkylation sites (N-methyl/N-ethyl adjacent to an activating group) is 1. The van der Waals surface area contributed by atoms with Gasteiger partial charge in [-0.25, -0.2) is 0 Å². The zero-order chi connectivity index (χ0) is 13.2. The molecule has 1 fully saturated rings. The van der Waals surface area contributed by atoms with Gasteiger partial charge in [0.1, 0.15) is 0 Å². The van der Waals surface area contributed by atoms with Crippen LogP contribution in [-0.4, -0.2) is 63.3 Å². The molecule has 0 heterocycles. The number of hydrogen-bond donors (Lipinski definition) is 2. The Morgan fingerprint density at radius 3 is 2.58 bits per heavy atom. The average molecular weight is 384 g/mol. The molecule has 0 saturated heterocycles. The predicted octanol–water partition coefficient (Wildman–Crippen LogP) is 1.29. The SMILES string of the molecule is CCNC(=NCCN(CC)C1CC1)NCCOC.I. The molecule has 0 spiro atoms. The minimum atomic E-state index is 0. The average Bonchev–Trinajstić information content (AvgIpc) is 3.19. The minimum absolute atomic E-state index is 0. The van der Waals surface area contributed by atoms with Gasteiger partial charge in [0.15, 0.2) is 5.96 Å². The number of aliphatic imine (C=N–C) groups is 1. The third-order valence-electron chi connectivity index (χ3n) is 3.07. The van der Waals surface area contributed by atoms with E-state index in [1.165, 1.54) is 12.8 Å². The number of hydrogen-bond acceptors (Lipinski definition) is 3. The van der Waals surface area contributed by atoms with Crippen molar-refractivity contribution in [2.24, 2.45) is 4.99 Å². The zero-order valence-electron chi connectivity index (χ0n) is 12.4. The van der Waals surface area contributed by atoms with E-state index in [-0.39, 0.29) is 24.0 Å². The number of nitrogens with one attached hydrogen (secondary N) is 2. The number of methoxy groups -OCH3 is 1. The van der Waals surface area contributed by atoms with Crippen LogP contribution in [0.25, 0.3) is 0 Å². The lowest BCUT2D eigenvalue weighted by Gasteiger charge is -2.18. The number of ether oxygens (including phenoxy) is 1. The molecular weight excluding hydrogens is 355 g/mol. The summed E-state index contributed by atoms with van der Waals surface area (Å²) in [7, 11) is 1.71. The van der Waals surface area contributed by atoms with Crippen LogP contribution in [0.2, 0.25) is 0 Å². The van der Waals surface area contributed by atoms with E-state index in [4.69, 9.17) is 4.74 Å². The van der Waals surface area contributed by atoms with Gasteiger partial charge in [-0.1, -0.05) is 6.92 Å². The van der Waals surface area contributed by atoms with Crippen molar-refractivity contribution >= 4 is 29.9 Å². The second-order valence-electron chi connectivity index (χ2n) is 4.54. The molecule has 1 rings (SSSR count). The maximum Gasteiger partial charge on any atom is 0.191 e. The summed E-state index contributed by atoms with van der Waals surface area (Å²) in [6.45, 7) is 9.73. The van der Waals surface area contributed by atoms with Crippen molar-refractivity contribution in [3.05, 3.63) is 0 Å². The monoisotopic (exact) mass is 384 g/mol. The van der Waals surface area contributed by atoms with E-state index in [1.807, 2.05) is 0 Å². The van der Waals surface area contributed by atoms with E-state index >= 15 is 0 Å². The Labute approximate surface area is 134 Å². The highest BCUT2D eigenvalue weighted by molar-refractivity contribution is 14.0. The van der Waals surface area contributed by atoms with E-state index in [1.54, 1.807) is 7.11 Å². The molecule has 0 radical (unpaired) electrons. The largest absolute Gasteiger partial charge is 0.383 e. The summed E-state index contributed by atoms with van der Waals surface area (Å²) in [6, 6.07) is 0.828. The molecule has 0 aromatic carbocycles.